The SMILES string of the molecule is COC1CCC(CN(CC2CCC(F)CC2)S(=O)(=O)C2CCC(C(=O)O)CC2)CC1. The fraction of sp³-hybridized carbons (Fsp3) is 0.955. The Kier molecular flexibility index (Phi) is 8.55. The van der Waals surface area contributed by atoms with Crippen LogP contribution in [-0.4, -0.2) is 61.5 Å². The van der Waals surface area contributed by atoms with Crippen molar-refractivity contribution >= 4 is 16.0 Å². The first-order valence-corrected chi connectivity index (χ1v) is 13.2. The average Bonchev–Trinajstić information content (AvgIpc) is 2.75. The van der Waals surface area contributed by atoms with Crippen LogP contribution < -0.4 is 0 Å². The molecule has 3 saturated carbocycles. The number of nitrogens with zero attached hydrogens (tertiary/aromatic N) is 1. The molecular weight excluding hydrogens is 409 g/mol. The molecule has 1 N–H and O–H groups in total. The van der Waals surface area contributed by atoms with Crippen LogP contribution in [0.1, 0.15) is 77.0 Å². The summed E-state index contributed by atoms with van der Waals surface area (Å²) in [7, 11) is -1.76. The number of aliphatic carboxylic acids is 1. The van der Waals surface area contributed by atoms with Gasteiger partial charge < -0.3 is 9.84 Å². The van der Waals surface area contributed by atoms with E-state index in [9.17, 15) is 22.7 Å². The highest BCUT2D eigenvalue weighted by atomic mass is 32.2. The predicted octanol–water partition coefficient (Wildman–Crippen LogP) is 4.00. The van der Waals surface area contributed by atoms with Crippen molar-refractivity contribution in [1.82, 2.24) is 4.31 Å². The molecule has 0 bridgehead atoms. The van der Waals surface area contributed by atoms with Crippen molar-refractivity contribution in [2.24, 2.45) is 17.8 Å². The summed E-state index contributed by atoms with van der Waals surface area (Å²) >= 11 is 0. The third-order valence-electron chi connectivity index (χ3n) is 7.63. The van der Waals surface area contributed by atoms with Crippen molar-refractivity contribution in [2.45, 2.75) is 94.6 Å². The molecule has 0 aromatic carbocycles. The second kappa shape index (κ2) is 10.7. The van der Waals surface area contributed by atoms with Gasteiger partial charge in [0.15, 0.2) is 0 Å². The predicted molar refractivity (Wildman–Crippen MR) is 113 cm³/mol. The molecule has 0 heterocycles. The number of carboxylic acids is 1. The summed E-state index contributed by atoms with van der Waals surface area (Å²) in [5.41, 5.74) is 0. The molecule has 0 aliphatic heterocycles. The minimum atomic E-state index is -3.49. The number of alkyl halides is 1. The number of sulfonamides is 1. The highest BCUT2D eigenvalue weighted by molar-refractivity contribution is 7.89. The van der Waals surface area contributed by atoms with Crippen molar-refractivity contribution in [3.63, 3.8) is 0 Å². The lowest BCUT2D eigenvalue weighted by molar-refractivity contribution is -0.142. The lowest BCUT2D eigenvalue weighted by Crippen LogP contribution is -2.46. The minimum absolute atomic E-state index is 0.220. The zero-order valence-electron chi connectivity index (χ0n) is 18.2. The Morgan fingerprint density at radius 3 is 1.87 bits per heavy atom. The molecule has 3 aliphatic carbocycles. The van der Waals surface area contributed by atoms with Gasteiger partial charge in [0.2, 0.25) is 10.0 Å². The average molecular weight is 448 g/mol. The Bertz CT molecular complexity index is 648. The van der Waals surface area contributed by atoms with Crippen LogP contribution in [0.3, 0.4) is 0 Å². The Morgan fingerprint density at radius 1 is 0.900 bits per heavy atom. The molecule has 8 heteroatoms. The smallest absolute Gasteiger partial charge is 0.306 e. The zero-order valence-corrected chi connectivity index (χ0v) is 19.0. The maximum absolute atomic E-state index is 13.6. The summed E-state index contributed by atoms with van der Waals surface area (Å²) in [6, 6.07) is 0. The van der Waals surface area contributed by atoms with E-state index in [0.717, 1.165) is 38.5 Å². The maximum atomic E-state index is 13.6. The summed E-state index contributed by atoms with van der Waals surface area (Å²) in [5, 5.41) is 8.75. The molecule has 0 unspecified atom stereocenters. The third kappa shape index (κ3) is 6.16. The highest BCUT2D eigenvalue weighted by Gasteiger charge is 2.39. The van der Waals surface area contributed by atoms with E-state index >= 15 is 0 Å². The molecule has 0 saturated heterocycles. The van der Waals surface area contributed by atoms with Crippen molar-refractivity contribution in [2.75, 3.05) is 20.2 Å². The first-order valence-electron chi connectivity index (χ1n) is 11.7. The van der Waals surface area contributed by atoms with E-state index in [1.54, 1.807) is 11.4 Å². The molecule has 3 aliphatic rings. The Hall–Kier alpha value is -0.730. The Labute approximate surface area is 180 Å². The van der Waals surface area contributed by atoms with E-state index in [2.05, 4.69) is 0 Å². The van der Waals surface area contributed by atoms with Gasteiger partial charge in [0.25, 0.3) is 0 Å². The highest BCUT2D eigenvalue weighted by Crippen LogP contribution is 2.35. The van der Waals surface area contributed by atoms with Crippen LogP contribution in [0.25, 0.3) is 0 Å². The van der Waals surface area contributed by atoms with Crippen LogP contribution in [-0.2, 0) is 19.6 Å². The second-order valence-corrected chi connectivity index (χ2v) is 11.9. The second-order valence-electron chi connectivity index (χ2n) is 9.67. The number of halogens is 1. The van der Waals surface area contributed by atoms with E-state index in [0.29, 0.717) is 57.5 Å². The van der Waals surface area contributed by atoms with Crippen LogP contribution in [0, 0.1) is 17.8 Å². The lowest BCUT2D eigenvalue weighted by atomic mass is 9.86. The fourth-order valence-electron chi connectivity index (χ4n) is 5.53. The van der Waals surface area contributed by atoms with Crippen molar-refractivity contribution in [1.29, 1.82) is 0 Å². The van der Waals surface area contributed by atoms with Crippen molar-refractivity contribution in [3.05, 3.63) is 0 Å². The van der Waals surface area contributed by atoms with Crippen LogP contribution >= 0.6 is 0 Å². The largest absolute Gasteiger partial charge is 0.481 e. The fourth-order valence-corrected chi connectivity index (χ4v) is 7.66. The van der Waals surface area contributed by atoms with Gasteiger partial charge in [-0.05, 0) is 88.9 Å². The molecule has 3 fully saturated rings. The lowest BCUT2D eigenvalue weighted by Gasteiger charge is -2.37. The number of methoxy groups -OCH3 is 1. The molecule has 0 aromatic heterocycles. The molecule has 0 aromatic rings. The van der Waals surface area contributed by atoms with Gasteiger partial charge in [-0.2, -0.15) is 0 Å². The molecule has 0 amide bonds. The van der Waals surface area contributed by atoms with Crippen LogP contribution in [0.5, 0.6) is 0 Å². The number of hydrogen-bond acceptors (Lipinski definition) is 4. The van der Waals surface area contributed by atoms with Crippen LogP contribution in [0.4, 0.5) is 4.39 Å². The van der Waals surface area contributed by atoms with Gasteiger partial charge in [-0.15, -0.1) is 0 Å². The zero-order chi connectivity index (χ0) is 21.7. The number of carbonyl (C=O) groups is 1. The molecule has 174 valence electrons. The van der Waals surface area contributed by atoms with Gasteiger partial charge in [-0.25, -0.2) is 17.1 Å². The summed E-state index contributed by atoms with van der Waals surface area (Å²) in [5.74, 6) is -0.689. The van der Waals surface area contributed by atoms with Gasteiger partial charge in [0.1, 0.15) is 6.17 Å². The van der Waals surface area contributed by atoms with Gasteiger partial charge >= 0.3 is 5.97 Å². The number of carboxylic acid groups (broad SMARTS) is 1. The van der Waals surface area contributed by atoms with E-state index in [1.807, 2.05) is 0 Å². The van der Waals surface area contributed by atoms with Gasteiger partial charge in [-0.3, -0.25) is 4.79 Å². The topological polar surface area (TPSA) is 83.9 Å². The van der Waals surface area contributed by atoms with Gasteiger partial charge in [-0.1, -0.05) is 0 Å². The quantitative estimate of drug-likeness (QED) is 0.608. The van der Waals surface area contributed by atoms with E-state index < -0.39 is 33.3 Å². The first kappa shape index (κ1) is 23.9. The molecular formula is C22H38FNO5S. The third-order valence-corrected chi connectivity index (χ3v) is 9.96. The van der Waals surface area contributed by atoms with E-state index in [1.165, 1.54) is 0 Å². The molecule has 30 heavy (non-hydrogen) atoms. The Morgan fingerprint density at radius 2 is 1.40 bits per heavy atom. The standard InChI is InChI=1S/C22H38FNO5S/c1-29-20-10-4-17(5-11-20)15-24(14-16-2-8-19(23)9-3-16)30(27,28)21-12-6-18(7-13-21)22(25)26/h16-21H,2-15H2,1H3,(H,25,26). The molecule has 0 radical (unpaired) electrons. The number of rotatable bonds is 8. The summed E-state index contributed by atoms with van der Waals surface area (Å²) < 4.78 is 47.9. The summed E-state index contributed by atoms with van der Waals surface area (Å²) in [4.78, 5) is 11.2. The normalized spacial score (nSPS) is 36.0. The molecule has 0 atom stereocenters. The minimum Gasteiger partial charge on any atom is -0.481 e. The molecule has 3 rings (SSSR count). The molecule has 0 spiro atoms. The van der Waals surface area contributed by atoms with Crippen LogP contribution in [0.2, 0.25) is 0 Å². The van der Waals surface area contributed by atoms with Crippen molar-refractivity contribution in [3.8, 4) is 0 Å². The van der Waals surface area contributed by atoms with Crippen LogP contribution in [0.15, 0.2) is 0 Å². The summed E-state index contributed by atoms with van der Waals surface area (Å²) in [6.45, 7) is 1.02. The van der Waals surface area contributed by atoms with E-state index in [4.69, 9.17) is 4.74 Å². The summed E-state index contributed by atoms with van der Waals surface area (Å²) in [6.07, 6.45) is 7.63. The number of ether oxygens (including phenoxy) is 1. The van der Waals surface area contributed by atoms with Crippen molar-refractivity contribution < 1.29 is 27.4 Å². The number of hydrogen-bond donors (Lipinski definition) is 1. The Balaban J connectivity index is 1.67. The van der Waals surface area contributed by atoms with Gasteiger partial charge in [0, 0.05) is 20.2 Å². The maximum Gasteiger partial charge on any atom is 0.306 e. The monoisotopic (exact) mass is 447 g/mol. The first-order chi connectivity index (χ1) is 14.3. The molecule has 6 nitrogen and oxygen atoms in total. The van der Waals surface area contributed by atoms with E-state index in [-0.39, 0.29) is 12.0 Å². The van der Waals surface area contributed by atoms with Gasteiger partial charge in [0.05, 0.1) is 17.3 Å².